The molecule has 0 saturated carbocycles. The number of nitrogens with one attached hydrogen (secondary N) is 1. The normalized spacial score (nSPS) is 11.4. The van der Waals surface area contributed by atoms with Gasteiger partial charge in [0, 0.05) is 11.6 Å². The molecule has 4 nitrogen and oxygen atoms in total. The van der Waals surface area contributed by atoms with E-state index in [1.165, 1.54) is 6.07 Å². The van der Waals surface area contributed by atoms with Crippen molar-refractivity contribution in [2.45, 2.75) is 6.61 Å². The highest BCUT2D eigenvalue weighted by atomic mass is 19.3. The van der Waals surface area contributed by atoms with Crippen molar-refractivity contribution in [2.75, 3.05) is 5.32 Å². The lowest BCUT2D eigenvalue weighted by Crippen LogP contribution is -2.14. The van der Waals surface area contributed by atoms with Crippen molar-refractivity contribution in [3.05, 3.63) is 77.4 Å². The van der Waals surface area contributed by atoms with Gasteiger partial charge >= 0.3 is 6.61 Å². The van der Waals surface area contributed by atoms with Crippen LogP contribution in [0.15, 0.2) is 60.2 Å². The predicted molar refractivity (Wildman–Crippen MR) is 99.2 cm³/mol. The quantitative estimate of drug-likeness (QED) is 0.361. The molecule has 0 aliphatic carbocycles. The maximum absolute atomic E-state index is 13.8. The van der Waals surface area contributed by atoms with E-state index in [2.05, 4.69) is 10.1 Å². The number of anilines is 1. The third-order valence-corrected chi connectivity index (χ3v) is 3.98. The Morgan fingerprint density at radius 1 is 1.10 bits per heavy atom. The Hall–Kier alpha value is -3.86. The summed E-state index contributed by atoms with van der Waals surface area (Å²) in [6, 6.07) is 13.8. The number of alkyl halides is 2. The van der Waals surface area contributed by atoms with E-state index in [-0.39, 0.29) is 17.0 Å². The first-order chi connectivity index (χ1) is 13.9. The second kappa shape index (κ2) is 8.44. The zero-order chi connectivity index (χ0) is 21.0. The fourth-order valence-electron chi connectivity index (χ4n) is 2.70. The number of ether oxygens (including phenoxy) is 1. The van der Waals surface area contributed by atoms with Crippen LogP contribution in [0.25, 0.3) is 16.8 Å². The molecule has 0 spiro atoms. The van der Waals surface area contributed by atoms with E-state index in [1.807, 2.05) is 0 Å². The van der Waals surface area contributed by atoms with Crippen molar-refractivity contribution in [1.82, 2.24) is 0 Å². The Labute approximate surface area is 162 Å². The zero-order valence-corrected chi connectivity index (χ0v) is 14.6. The molecular formula is C21H12F4N2O2. The van der Waals surface area contributed by atoms with Gasteiger partial charge in [0.1, 0.15) is 29.0 Å². The van der Waals surface area contributed by atoms with E-state index in [0.29, 0.717) is 16.8 Å². The first-order valence-corrected chi connectivity index (χ1v) is 8.24. The topological polar surface area (TPSA) is 62.1 Å². The number of nitrogens with zero attached hydrogens (tertiary/aromatic N) is 1. The number of amides is 1. The summed E-state index contributed by atoms with van der Waals surface area (Å²) in [7, 11) is 0. The molecule has 3 aromatic carbocycles. The van der Waals surface area contributed by atoms with E-state index in [9.17, 15) is 27.6 Å². The Bertz CT molecular complexity index is 1150. The summed E-state index contributed by atoms with van der Waals surface area (Å²) >= 11 is 0. The SMILES string of the molecule is N#C/C(=C\c1c(OC(F)F)ccc2ccccc12)C(=O)Nc1ccc(F)cc1F. The highest BCUT2D eigenvalue weighted by Crippen LogP contribution is 2.31. The molecule has 0 atom stereocenters. The van der Waals surface area contributed by atoms with Crippen LogP contribution in [0.3, 0.4) is 0 Å². The first-order valence-electron chi connectivity index (χ1n) is 8.24. The summed E-state index contributed by atoms with van der Waals surface area (Å²) in [6.45, 7) is -3.11. The molecule has 0 aliphatic heterocycles. The van der Waals surface area contributed by atoms with Crippen molar-refractivity contribution in [1.29, 1.82) is 5.26 Å². The lowest BCUT2D eigenvalue weighted by atomic mass is 10.0. The number of rotatable bonds is 5. The van der Waals surface area contributed by atoms with Crippen LogP contribution in [0.5, 0.6) is 5.75 Å². The molecule has 0 aromatic heterocycles. The number of carbonyl (C=O) groups is 1. The van der Waals surface area contributed by atoms with Crippen LogP contribution in [0.4, 0.5) is 23.2 Å². The van der Waals surface area contributed by atoms with E-state index < -0.39 is 29.7 Å². The maximum Gasteiger partial charge on any atom is 0.387 e. The Morgan fingerprint density at radius 2 is 1.86 bits per heavy atom. The van der Waals surface area contributed by atoms with Crippen LogP contribution >= 0.6 is 0 Å². The minimum atomic E-state index is -3.11. The minimum absolute atomic E-state index is 0.0923. The van der Waals surface area contributed by atoms with Crippen molar-refractivity contribution in [3.8, 4) is 11.8 Å². The van der Waals surface area contributed by atoms with Crippen molar-refractivity contribution < 1.29 is 27.1 Å². The Morgan fingerprint density at radius 3 is 2.55 bits per heavy atom. The number of hydrogen-bond acceptors (Lipinski definition) is 3. The Kier molecular flexibility index (Phi) is 5.79. The fraction of sp³-hybridized carbons (Fsp3) is 0.0476. The standard InChI is InChI=1S/C21H12F4N2O2/c22-14-6-7-18(17(23)10-14)27-20(28)13(11-26)9-16-15-4-2-1-3-12(15)5-8-19(16)29-21(24)25/h1-10,21H,(H,27,28)/b13-9+. The summed E-state index contributed by atoms with van der Waals surface area (Å²) < 4.78 is 56.8. The number of hydrogen-bond donors (Lipinski definition) is 1. The molecule has 1 N–H and O–H groups in total. The molecule has 146 valence electrons. The van der Waals surface area contributed by atoms with Crippen LogP contribution in [0.1, 0.15) is 5.56 Å². The third-order valence-electron chi connectivity index (χ3n) is 3.98. The van der Waals surface area contributed by atoms with Gasteiger partial charge < -0.3 is 10.1 Å². The molecule has 0 radical (unpaired) electrons. The van der Waals surface area contributed by atoms with Crippen molar-refractivity contribution in [2.24, 2.45) is 0 Å². The van der Waals surface area contributed by atoms with Crippen LogP contribution in [0.2, 0.25) is 0 Å². The second-order valence-electron chi connectivity index (χ2n) is 5.83. The molecule has 0 fully saturated rings. The predicted octanol–water partition coefficient (Wildman–Crippen LogP) is 5.27. The van der Waals surface area contributed by atoms with E-state index in [1.54, 1.807) is 36.4 Å². The number of halogens is 4. The number of benzene rings is 3. The minimum Gasteiger partial charge on any atom is -0.434 e. The maximum atomic E-state index is 13.8. The summed E-state index contributed by atoms with van der Waals surface area (Å²) in [5, 5.41) is 12.7. The molecule has 3 aromatic rings. The summed E-state index contributed by atoms with van der Waals surface area (Å²) in [5.41, 5.74) is -0.724. The molecule has 0 bridgehead atoms. The second-order valence-corrected chi connectivity index (χ2v) is 5.83. The monoisotopic (exact) mass is 400 g/mol. The molecule has 8 heteroatoms. The largest absolute Gasteiger partial charge is 0.434 e. The summed E-state index contributed by atoms with van der Waals surface area (Å²) in [6.07, 6.45) is 1.08. The van der Waals surface area contributed by atoms with Gasteiger partial charge in [-0.2, -0.15) is 14.0 Å². The molecule has 0 aliphatic rings. The molecule has 0 unspecified atom stereocenters. The molecule has 0 saturated heterocycles. The Balaban J connectivity index is 2.05. The third kappa shape index (κ3) is 4.52. The van der Waals surface area contributed by atoms with E-state index in [4.69, 9.17) is 0 Å². The number of fused-ring (bicyclic) bond motifs is 1. The highest BCUT2D eigenvalue weighted by molar-refractivity contribution is 6.11. The van der Waals surface area contributed by atoms with Gasteiger partial charge in [-0.1, -0.05) is 30.3 Å². The van der Waals surface area contributed by atoms with E-state index >= 15 is 0 Å². The molecule has 29 heavy (non-hydrogen) atoms. The summed E-state index contributed by atoms with van der Waals surface area (Å²) in [5.74, 6) is -3.08. The van der Waals surface area contributed by atoms with E-state index in [0.717, 1.165) is 18.2 Å². The van der Waals surface area contributed by atoms with Gasteiger partial charge in [0.25, 0.3) is 5.91 Å². The number of carbonyl (C=O) groups excluding carboxylic acids is 1. The number of nitriles is 1. The van der Waals surface area contributed by atoms with Crippen LogP contribution in [-0.2, 0) is 4.79 Å². The van der Waals surface area contributed by atoms with Gasteiger partial charge in [-0.05, 0) is 35.0 Å². The van der Waals surface area contributed by atoms with Gasteiger partial charge in [0.05, 0.1) is 5.69 Å². The van der Waals surface area contributed by atoms with Gasteiger partial charge in [0.2, 0.25) is 0 Å². The van der Waals surface area contributed by atoms with Crippen molar-refractivity contribution in [3.63, 3.8) is 0 Å². The van der Waals surface area contributed by atoms with Crippen molar-refractivity contribution >= 4 is 28.4 Å². The highest BCUT2D eigenvalue weighted by Gasteiger charge is 2.17. The molecule has 1 amide bonds. The van der Waals surface area contributed by atoms with Gasteiger partial charge in [-0.15, -0.1) is 0 Å². The van der Waals surface area contributed by atoms with Gasteiger partial charge in [-0.3, -0.25) is 4.79 Å². The van der Waals surface area contributed by atoms with Crippen LogP contribution in [0, 0.1) is 23.0 Å². The average Bonchev–Trinajstić information content (AvgIpc) is 2.68. The lowest BCUT2D eigenvalue weighted by Gasteiger charge is -2.12. The zero-order valence-electron chi connectivity index (χ0n) is 14.6. The molecule has 0 heterocycles. The van der Waals surface area contributed by atoms with Gasteiger partial charge in [-0.25, -0.2) is 8.78 Å². The molecular weight excluding hydrogens is 388 g/mol. The average molecular weight is 400 g/mol. The van der Waals surface area contributed by atoms with Crippen LogP contribution in [-0.4, -0.2) is 12.5 Å². The van der Waals surface area contributed by atoms with Gasteiger partial charge in [0.15, 0.2) is 0 Å². The first kappa shape index (κ1) is 19.9. The molecule has 3 rings (SSSR count). The smallest absolute Gasteiger partial charge is 0.387 e. The van der Waals surface area contributed by atoms with Crippen LogP contribution < -0.4 is 10.1 Å². The lowest BCUT2D eigenvalue weighted by molar-refractivity contribution is -0.112. The summed E-state index contributed by atoms with van der Waals surface area (Å²) in [4.78, 5) is 12.4. The fourth-order valence-corrected chi connectivity index (χ4v) is 2.70.